The second-order valence-corrected chi connectivity index (χ2v) is 4.44. The van der Waals surface area contributed by atoms with Crippen LogP contribution in [-0.4, -0.2) is 11.7 Å². The number of rotatable bonds is 4. The summed E-state index contributed by atoms with van der Waals surface area (Å²) in [5, 5.41) is 9.22. The van der Waals surface area contributed by atoms with Crippen LogP contribution in [0.15, 0.2) is 18.2 Å². The van der Waals surface area contributed by atoms with Gasteiger partial charge in [-0.1, -0.05) is 32.0 Å². The second kappa shape index (κ2) is 4.36. The van der Waals surface area contributed by atoms with Gasteiger partial charge in [0.05, 0.1) is 6.61 Å². The summed E-state index contributed by atoms with van der Waals surface area (Å²) in [4.78, 5) is 0. The van der Waals surface area contributed by atoms with Crippen molar-refractivity contribution in [2.24, 2.45) is 0 Å². The standard InChI is InChI=1S/C14H19O/c1-3-12-13(10(2)9-15)5-4-6-14(12)11-7-8-11/h4-6,11,15H,3,7-9H2,1-2H3. The van der Waals surface area contributed by atoms with Crippen molar-refractivity contribution in [1.82, 2.24) is 0 Å². The van der Waals surface area contributed by atoms with Crippen LogP contribution in [0, 0.1) is 5.92 Å². The van der Waals surface area contributed by atoms with Crippen molar-refractivity contribution in [3.63, 3.8) is 0 Å². The second-order valence-electron chi connectivity index (χ2n) is 4.44. The molecule has 0 spiro atoms. The number of benzene rings is 1. The third-order valence-electron chi connectivity index (χ3n) is 3.28. The van der Waals surface area contributed by atoms with Crippen LogP contribution in [-0.2, 0) is 6.42 Å². The first kappa shape index (κ1) is 10.7. The highest BCUT2D eigenvalue weighted by Crippen LogP contribution is 2.43. The normalized spacial score (nSPS) is 16.0. The Morgan fingerprint density at radius 2 is 2.13 bits per heavy atom. The van der Waals surface area contributed by atoms with Crippen molar-refractivity contribution in [3.8, 4) is 0 Å². The van der Waals surface area contributed by atoms with E-state index in [-0.39, 0.29) is 6.61 Å². The van der Waals surface area contributed by atoms with Gasteiger partial charge in [0.1, 0.15) is 0 Å². The van der Waals surface area contributed by atoms with Crippen molar-refractivity contribution < 1.29 is 5.11 Å². The summed E-state index contributed by atoms with van der Waals surface area (Å²) in [7, 11) is 0. The maximum Gasteiger partial charge on any atom is 0.0534 e. The molecule has 1 nitrogen and oxygen atoms in total. The van der Waals surface area contributed by atoms with Crippen LogP contribution >= 0.6 is 0 Å². The molecule has 1 N–H and O–H groups in total. The Kier molecular flexibility index (Phi) is 3.11. The lowest BCUT2D eigenvalue weighted by molar-refractivity contribution is 0.314. The van der Waals surface area contributed by atoms with Gasteiger partial charge >= 0.3 is 0 Å². The van der Waals surface area contributed by atoms with Gasteiger partial charge in [0.25, 0.3) is 0 Å². The lowest BCUT2D eigenvalue weighted by atomic mass is 9.89. The minimum absolute atomic E-state index is 0.168. The summed E-state index contributed by atoms with van der Waals surface area (Å²) in [6.45, 7) is 4.39. The molecule has 0 amide bonds. The fraction of sp³-hybridized carbons (Fsp3) is 0.500. The monoisotopic (exact) mass is 203 g/mol. The van der Waals surface area contributed by atoms with E-state index in [0.717, 1.165) is 18.3 Å². The Hall–Kier alpha value is -0.820. The number of hydrogen-bond donors (Lipinski definition) is 1. The van der Waals surface area contributed by atoms with E-state index in [0.29, 0.717) is 0 Å². The van der Waals surface area contributed by atoms with E-state index in [2.05, 4.69) is 25.1 Å². The lowest BCUT2D eigenvalue weighted by Gasteiger charge is -2.16. The zero-order chi connectivity index (χ0) is 10.8. The van der Waals surface area contributed by atoms with Gasteiger partial charge in [-0.2, -0.15) is 0 Å². The van der Waals surface area contributed by atoms with E-state index < -0.39 is 0 Å². The van der Waals surface area contributed by atoms with Gasteiger partial charge in [-0.05, 0) is 41.9 Å². The van der Waals surface area contributed by atoms with E-state index in [4.69, 9.17) is 0 Å². The lowest BCUT2D eigenvalue weighted by Crippen LogP contribution is -2.06. The molecule has 0 heterocycles. The van der Waals surface area contributed by atoms with Crippen molar-refractivity contribution in [3.05, 3.63) is 40.8 Å². The first-order valence-corrected chi connectivity index (χ1v) is 5.83. The van der Waals surface area contributed by atoms with Crippen LogP contribution in [0.2, 0.25) is 0 Å². The van der Waals surface area contributed by atoms with Crippen LogP contribution in [0.25, 0.3) is 0 Å². The summed E-state index contributed by atoms with van der Waals surface area (Å²) in [6, 6.07) is 6.52. The molecule has 1 fully saturated rings. The molecule has 1 aromatic rings. The highest BCUT2D eigenvalue weighted by molar-refractivity contribution is 5.45. The highest BCUT2D eigenvalue weighted by atomic mass is 16.3. The highest BCUT2D eigenvalue weighted by Gasteiger charge is 2.26. The molecule has 81 valence electrons. The van der Waals surface area contributed by atoms with Crippen LogP contribution in [0.3, 0.4) is 0 Å². The molecule has 0 saturated heterocycles. The topological polar surface area (TPSA) is 20.2 Å². The van der Waals surface area contributed by atoms with Gasteiger partial charge in [-0.25, -0.2) is 0 Å². The zero-order valence-electron chi connectivity index (χ0n) is 9.59. The van der Waals surface area contributed by atoms with Crippen molar-refractivity contribution >= 4 is 0 Å². The number of hydrogen-bond acceptors (Lipinski definition) is 1. The molecule has 1 aromatic carbocycles. The number of aliphatic hydroxyl groups excluding tert-OH is 1. The predicted molar refractivity (Wildman–Crippen MR) is 62.9 cm³/mol. The Morgan fingerprint density at radius 3 is 2.67 bits per heavy atom. The molecule has 1 radical (unpaired) electrons. The Labute approximate surface area is 92.1 Å². The van der Waals surface area contributed by atoms with Gasteiger partial charge in [0.15, 0.2) is 0 Å². The summed E-state index contributed by atoms with van der Waals surface area (Å²) < 4.78 is 0. The third kappa shape index (κ3) is 2.07. The average molecular weight is 203 g/mol. The van der Waals surface area contributed by atoms with Gasteiger partial charge in [0.2, 0.25) is 0 Å². The largest absolute Gasteiger partial charge is 0.395 e. The average Bonchev–Trinajstić information content (AvgIpc) is 3.10. The van der Waals surface area contributed by atoms with E-state index in [1.165, 1.54) is 29.5 Å². The zero-order valence-corrected chi connectivity index (χ0v) is 9.59. The van der Waals surface area contributed by atoms with Crippen LogP contribution in [0.1, 0.15) is 49.3 Å². The quantitative estimate of drug-likeness (QED) is 0.797. The molecule has 1 heteroatoms. The summed E-state index contributed by atoms with van der Waals surface area (Å²) >= 11 is 0. The Balaban J connectivity index is 2.40. The van der Waals surface area contributed by atoms with Crippen LogP contribution < -0.4 is 0 Å². The minimum Gasteiger partial charge on any atom is -0.395 e. The van der Waals surface area contributed by atoms with Gasteiger partial charge in [0, 0.05) is 5.92 Å². The summed E-state index contributed by atoms with van der Waals surface area (Å²) in [5.74, 6) is 1.89. The van der Waals surface area contributed by atoms with E-state index >= 15 is 0 Å². The van der Waals surface area contributed by atoms with Crippen molar-refractivity contribution in [2.75, 3.05) is 6.61 Å². The maximum absolute atomic E-state index is 9.22. The first-order chi connectivity index (χ1) is 7.27. The van der Waals surface area contributed by atoms with E-state index in [1.54, 1.807) is 0 Å². The molecule has 2 rings (SSSR count). The Morgan fingerprint density at radius 1 is 1.40 bits per heavy atom. The minimum atomic E-state index is 0.168. The molecule has 1 aliphatic carbocycles. The predicted octanol–water partition coefficient (Wildman–Crippen LogP) is 3.06. The van der Waals surface area contributed by atoms with Gasteiger partial charge in [-0.15, -0.1) is 0 Å². The van der Waals surface area contributed by atoms with Crippen molar-refractivity contribution in [2.45, 2.75) is 39.0 Å². The van der Waals surface area contributed by atoms with Crippen LogP contribution in [0.4, 0.5) is 0 Å². The molecule has 0 aliphatic heterocycles. The fourth-order valence-corrected chi connectivity index (χ4v) is 2.26. The fourth-order valence-electron chi connectivity index (χ4n) is 2.26. The summed E-state index contributed by atoms with van der Waals surface area (Å²) in [6.07, 6.45) is 3.75. The van der Waals surface area contributed by atoms with Gasteiger partial charge < -0.3 is 5.11 Å². The molecule has 1 aliphatic rings. The molecule has 1 saturated carbocycles. The summed E-state index contributed by atoms with van der Waals surface area (Å²) in [5.41, 5.74) is 4.23. The molecular formula is C14H19O. The van der Waals surface area contributed by atoms with Gasteiger partial charge in [-0.3, -0.25) is 0 Å². The third-order valence-corrected chi connectivity index (χ3v) is 3.28. The molecular weight excluding hydrogens is 184 g/mol. The smallest absolute Gasteiger partial charge is 0.0534 e. The molecule has 0 bridgehead atoms. The molecule has 0 aromatic heterocycles. The van der Waals surface area contributed by atoms with Crippen molar-refractivity contribution in [1.29, 1.82) is 0 Å². The maximum atomic E-state index is 9.22. The Bertz CT molecular complexity index is 339. The SMILES string of the molecule is CCc1c([C](C)CO)cccc1C1CC1. The first-order valence-electron chi connectivity index (χ1n) is 5.83. The molecule has 0 atom stereocenters. The van der Waals surface area contributed by atoms with E-state index in [1.807, 2.05) is 6.92 Å². The van der Waals surface area contributed by atoms with E-state index in [9.17, 15) is 5.11 Å². The van der Waals surface area contributed by atoms with Crippen LogP contribution in [0.5, 0.6) is 0 Å². The molecule has 15 heavy (non-hydrogen) atoms. The number of aliphatic hydroxyl groups is 1. The molecule has 0 unspecified atom stereocenters.